The number of hydrogen-bond donors (Lipinski definition) is 1. The van der Waals surface area contributed by atoms with Crippen molar-refractivity contribution >= 4 is 10.9 Å². The minimum absolute atomic E-state index is 0. The number of aromatic nitrogens is 1. The summed E-state index contributed by atoms with van der Waals surface area (Å²) in [6, 6.07) is 8.73. The summed E-state index contributed by atoms with van der Waals surface area (Å²) in [5.41, 5.74) is 2.81. The first-order valence-electron chi connectivity index (χ1n) is 8.91. The van der Waals surface area contributed by atoms with Crippen LogP contribution >= 0.6 is 0 Å². The van der Waals surface area contributed by atoms with Crippen molar-refractivity contribution in [3.05, 3.63) is 36.0 Å². The Balaban J connectivity index is 0.00000104. The second-order valence-electron chi connectivity index (χ2n) is 7.03. The van der Waals surface area contributed by atoms with Gasteiger partial charge in [0.05, 0.1) is 6.67 Å². The normalized spacial score (nSPS) is 22.8. The van der Waals surface area contributed by atoms with Crippen molar-refractivity contribution in [3.8, 4) is 0 Å². The Morgan fingerprint density at radius 3 is 2.50 bits per heavy atom. The van der Waals surface area contributed by atoms with E-state index in [0.29, 0.717) is 5.92 Å². The zero-order chi connectivity index (χ0) is 14.8. The topological polar surface area (TPSA) is 22.3 Å². The van der Waals surface area contributed by atoms with Gasteiger partial charge >= 0.3 is 0 Å². The summed E-state index contributed by atoms with van der Waals surface area (Å²) in [5, 5.41) is 1.42. The smallest absolute Gasteiger partial charge is 0.0506 e. The van der Waals surface area contributed by atoms with E-state index >= 15 is 0 Å². The van der Waals surface area contributed by atoms with Crippen LogP contribution in [-0.2, 0) is 0 Å². The number of para-hydroxylation sites is 1. The summed E-state index contributed by atoms with van der Waals surface area (Å²) < 4.78 is 0. The molecule has 2 fully saturated rings. The van der Waals surface area contributed by atoms with E-state index in [1.165, 1.54) is 81.4 Å². The van der Waals surface area contributed by atoms with E-state index < -0.39 is 0 Å². The third kappa shape index (κ3) is 4.01. The zero-order valence-electron chi connectivity index (χ0n) is 13.4. The molecule has 0 aliphatic carbocycles. The van der Waals surface area contributed by atoms with Crippen LogP contribution in [0.5, 0.6) is 0 Å². The Bertz CT molecular complexity index is 612. The highest BCUT2D eigenvalue weighted by atomic mass is 15.3. The molecular formula is C21H35N3. The molecule has 2 aliphatic heterocycles. The van der Waals surface area contributed by atoms with E-state index in [1.807, 2.05) is 0 Å². The van der Waals surface area contributed by atoms with E-state index in [0.717, 1.165) is 0 Å². The largest absolute Gasteiger partial charge is 0.361 e. The van der Waals surface area contributed by atoms with Gasteiger partial charge in [0.25, 0.3) is 0 Å². The van der Waals surface area contributed by atoms with Gasteiger partial charge in [0.2, 0.25) is 0 Å². The number of aromatic amines is 1. The quantitative estimate of drug-likeness (QED) is 0.850. The van der Waals surface area contributed by atoms with Crippen molar-refractivity contribution in [1.29, 1.82) is 0 Å². The fourth-order valence-corrected chi connectivity index (χ4v) is 4.25. The molecular weight excluding hydrogens is 294 g/mol. The molecule has 0 spiro atoms. The van der Waals surface area contributed by atoms with Gasteiger partial charge in [-0.15, -0.1) is 0 Å². The average Bonchev–Trinajstić information content (AvgIpc) is 3.00. The lowest BCUT2D eigenvalue weighted by atomic mass is 9.90. The maximum Gasteiger partial charge on any atom is 0.0506 e. The minimum atomic E-state index is 0. The number of piperidine rings is 2. The molecule has 3 heteroatoms. The van der Waals surface area contributed by atoms with Crippen molar-refractivity contribution in [2.75, 3.05) is 32.8 Å². The summed E-state index contributed by atoms with van der Waals surface area (Å²) in [6.45, 7) is 6.27. The van der Waals surface area contributed by atoms with Crippen LogP contribution in [0, 0.1) is 0 Å². The van der Waals surface area contributed by atoms with Gasteiger partial charge in [-0.3, -0.25) is 9.80 Å². The highest BCUT2D eigenvalue weighted by Crippen LogP contribution is 2.32. The fourth-order valence-electron chi connectivity index (χ4n) is 4.25. The molecule has 4 rings (SSSR count). The summed E-state index contributed by atoms with van der Waals surface area (Å²) in [4.78, 5) is 8.79. The molecule has 24 heavy (non-hydrogen) atoms. The van der Waals surface area contributed by atoms with Gasteiger partial charge in [-0.05, 0) is 62.9 Å². The molecule has 1 atom stereocenters. The molecule has 2 aliphatic rings. The van der Waals surface area contributed by atoms with E-state index in [9.17, 15) is 0 Å². The maximum absolute atomic E-state index is 3.45. The Hall–Kier alpha value is -1.32. The maximum atomic E-state index is 3.45. The lowest BCUT2D eigenvalue weighted by Crippen LogP contribution is -2.44. The molecule has 0 radical (unpaired) electrons. The second-order valence-corrected chi connectivity index (χ2v) is 7.03. The highest BCUT2D eigenvalue weighted by molar-refractivity contribution is 5.83. The summed E-state index contributed by atoms with van der Waals surface area (Å²) in [5.74, 6) is 0.690. The number of fused-ring (bicyclic) bond motifs is 1. The van der Waals surface area contributed by atoms with Crippen LogP contribution in [0.2, 0.25) is 0 Å². The predicted octanol–water partition coefficient (Wildman–Crippen LogP) is 5.06. The summed E-state index contributed by atoms with van der Waals surface area (Å²) >= 11 is 0. The standard InChI is InChI=1S/C19H27N3.2CH4/c1-4-10-21(11-5-1)15-22-12-6-7-16(14-22)18-13-20-19-9-3-2-8-17(18)19;;/h2-3,8-9,13,16,20H,1,4-7,10-12,14-15H2;2*1H4. The Kier molecular flexibility index (Phi) is 6.88. The van der Waals surface area contributed by atoms with Crippen molar-refractivity contribution in [1.82, 2.24) is 14.8 Å². The molecule has 0 saturated carbocycles. The number of hydrogen-bond acceptors (Lipinski definition) is 2. The van der Waals surface area contributed by atoms with E-state index in [2.05, 4.69) is 45.2 Å². The lowest BCUT2D eigenvalue weighted by Gasteiger charge is -2.37. The number of likely N-dealkylation sites (tertiary alicyclic amines) is 2. The fraction of sp³-hybridized carbons (Fsp3) is 0.619. The first-order valence-corrected chi connectivity index (χ1v) is 8.91. The lowest BCUT2D eigenvalue weighted by molar-refractivity contribution is 0.0906. The van der Waals surface area contributed by atoms with Crippen molar-refractivity contribution in [2.45, 2.75) is 52.9 Å². The van der Waals surface area contributed by atoms with Gasteiger partial charge in [-0.1, -0.05) is 39.5 Å². The van der Waals surface area contributed by atoms with E-state index in [1.54, 1.807) is 0 Å². The molecule has 1 aromatic carbocycles. The number of nitrogens with one attached hydrogen (secondary N) is 1. The molecule has 2 saturated heterocycles. The van der Waals surface area contributed by atoms with Gasteiger partial charge < -0.3 is 4.98 Å². The van der Waals surface area contributed by atoms with Crippen LogP contribution < -0.4 is 0 Å². The summed E-state index contributed by atoms with van der Waals surface area (Å²) in [6.07, 6.45) is 9.12. The third-order valence-electron chi connectivity index (χ3n) is 5.42. The highest BCUT2D eigenvalue weighted by Gasteiger charge is 2.24. The van der Waals surface area contributed by atoms with E-state index in [4.69, 9.17) is 0 Å². The van der Waals surface area contributed by atoms with E-state index in [-0.39, 0.29) is 14.9 Å². The SMILES string of the molecule is C.C.c1ccc2c(C3CCCN(CN4CCCCC4)C3)c[nH]c2c1. The molecule has 1 aromatic heterocycles. The van der Waals surface area contributed by atoms with Crippen molar-refractivity contribution in [3.63, 3.8) is 0 Å². The number of nitrogens with zero attached hydrogens (tertiary/aromatic N) is 2. The van der Waals surface area contributed by atoms with Gasteiger partial charge in [0.15, 0.2) is 0 Å². The summed E-state index contributed by atoms with van der Waals surface area (Å²) in [7, 11) is 0. The zero-order valence-corrected chi connectivity index (χ0v) is 13.4. The Morgan fingerprint density at radius 2 is 1.67 bits per heavy atom. The van der Waals surface area contributed by atoms with Crippen LogP contribution in [0.1, 0.15) is 58.4 Å². The minimum Gasteiger partial charge on any atom is -0.361 e. The molecule has 0 amide bonds. The van der Waals surface area contributed by atoms with Crippen LogP contribution in [0.25, 0.3) is 10.9 Å². The van der Waals surface area contributed by atoms with Gasteiger partial charge in [0, 0.05) is 23.6 Å². The molecule has 0 bridgehead atoms. The van der Waals surface area contributed by atoms with Crippen molar-refractivity contribution in [2.24, 2.45) is 0 Å². The molecule has 2 aromatic rings. The van der Waals surface area contributed by atoms with Crippen LogP contribution in [0.3, 0.4) is 0 Å². The van der Waals surface area contributed by atoms with Crippen LogP contribution in [0.15, 0.2) is 30.5 Å². The molecule has 1 unspecified atom stereocenters. The monoisotopic (exact) mass is 329 g/mol. The molecule has 3 heterocycles. The van der Waals surface area contributed by atoms with Gasteiger partial charge in [0.1, 0.15) is 0 Å². The molecule has 3 nitrogen and oxygen atoms in total. The predicted molar refractivity (Wildman–Crippen MR) is 106 cm³/mol. The second kappa shape index (κ2) is 8.68. The van der Waals surface area contributed by atoms with Gasteiger partial charge in [-0.25, -0.2) is 0 Å². The van der Waals surface area contributed by atoms with Gasteiger partial charge in [-0.2, -0.15) is 0 Å². The third-order valence-corrected chi connectivity index (χ3v) is 5.42. The Labute approximate surface area is 148 Å². The molecule has 1 N–H and O–H groups in total. The first-order chi connectivity index (χ1) is 10.9. The van der Waals surface area contributed by atoms with Crippen molar-refractivity contribution < 1.29 is 0 Å². The first kappa shape index (κ1) is 19.0. The molecule has 134 valence electrons. The number of rotatable bonds is 3. The van der Waals surface area contributed by atoms with Crippen LogP contribution in [-0.4, -0.2) is 47.6 Å². The van der Waals surface area contributed by atoms with Crippen LogP contribution in [0.4, 0.5) is 0 Å². The number of benzene rings is 1. The Morgan fingerprint density at radius 1 is 0.917 bits per heavy atom. The average molecular weight is 330 g/mol. The number of H-pyrrole nitrogens is 1.